The van der Waals surface area contributed by atoms with Crippen LogP contribution in [0.2, 0.25) is 0 Å². The highest BCUT2D eigenvalue weighted by atomic mass is 16.7. The molecule has 14 unspecified atom stereocenters. The third kappa shape index (κ3) is 37.4. The zero-order valence-electron chi connectivity index (χ0n) is 91.3. The highest BCUT2D eigenvalue weighted by Crippen LogP contribution is 2.62. The molecule has 9 aliphatic carbocycles. The van der Waals surface area contributed by atoms with Crippen molar-refractivity contribution >= 4 is 0 Å². The highest BCUT2D eigenvalue weighted by Gasteiger charge is 2.56. The summed E-state index contributed by atoms with van der Waals surface area (Å²) in [6.45, 7) is 47.1. The van der Waals surface area contributed by atoms with E-state index in [0.29, 0.717) is 77.0 Å². The molecule has 14 atom stereocenters. The predicted molar refractivity (Wildman–Crippen MR) is 586 cm³/mol. The van der Waals surface area contributed by atoms with E-state index in [9.17, 15) is 0 Å². The minimum atomic E-state index is -0.337. The fourth-order valence-electron chi connectivity index (χ4n) is 22.2. The van der Waals surface area contributed by atoms with Crippen molar-refractivity contribution in [3.63, 3.8) is 0 Å². The molecule has 0 aliphatic heterocycles. The topological polar surface area (TPSA) is 124 Å². The third-order valence-electron chi connectivity index (χ3n) is 33.0. The van der Waals surface area contributed by atoms with Crippen molar-refractivity contribution in [2.45, 2.75) is 461 Å². The average molecular weight is 1920 g/mol. The standard InChI is InChI=1S/C27H36O2.C24H36O2.C23H36O2.C20H32O2.C15H24O.2C10H14O/c1-3-20(2)21-13-16-25(17-14-21)28-27(23-10-5-4-6-11-23)29-26-18-15-22-9-7-8-12-24(22)19-26;1-5-17(4)21-6-8-22(9-7-21)26-23(25-16(2)3)24-13-18-10-19(14-24)12-20(11-18)15-24;1-3-18(2)20-13-15-22(16-14-20)25-23(21-11-7-8-12-21)24-17-19-9-5-4-6-10-19;1-5-16(4)17-11-13-19(14-12-17)22-20(15(2)3)21-18-9-7-6-8-10-18;1-6-12(3)13-8-10-14(11-9-13)16-15(4,5)7-2;2*1-3-8(2)9-4-6-10(11)7-5-9/h4-6,10-11,13-14,16-17,20,22,24,26-27H,3,7-9,12,15,18-19H2,1-2H3;6-9,16-20,23H,5,10-15H2,1-4H3;13-16,18-19,21,23H,3-12,17H2,1-2H3;11-16,18,20H,5-10H2,1-4H3;8-12H,6-7H2,1-5H3;2*4-8,11H,3H2,1-2H3. The Morgan fingerprint density at radius 1 is 0.329 bits per heavy atom. The van der Waals surface area contributed by atoms with Gasteiger partial charge in [0, 0.05) is 22.8 Å². The summed E-state index contributed by atoms with van der Waals surface area (Å²) in [6, 6.07) is 68.4. The summed E-state index contributed by atoms with van der Waals surface area (Å²) in [4.78, 5) is 0. The SMILES string of the molecule is CCC(C)c1ccc(O)cc1.CCC(C)c1ccc(O)cc1.CCC(C)c1ccc(OC(C)(C)CC)cc1.CCC(C)c1ccc(OC(OC(C)C)C23CC4CC(CC(C4)C2)C3)cc1.CCC(C)c1ccc(OC(OC2CCC3CCCCC3C2)c2ccccc2)cc1.CCC(C)c1ccc(OC(OC2CCCCC2)C(C)C)cc1.CCC(C)c1ccc(OC(OCC2CCCCC2)C2CCCC2)cc1. The lowest BCUT2D eigenvalue weighted by molar-refractivity contribution is -0.227. The number of hydrogen-bond donors (Lipinski definition) is 2. The Kier molecular flexibility index (Phi) is 48.6. The zero-order valence-corrected chi connectivity index (χ0v) is 91.3. The van der Waals surface area contributed by atoms with E-state index in [4.69, 9.17) is 52.8 Å². The fourth-order valence-corrected chi connectivity index (χ4v) is 22.2. The molecule has 0 aromatic heterocycles. The molecule has 774 valence electrons. The summed E-state index contributed by atoms with van der Waals surface area (Å²) < 4.78 is 56.9. The van der Waals surface area contributed by atoms with Crippen molar-refractivity contribution in [2.75, 3.05) is 6.61 Å². The van der Waals surface area contributed by atoms with Crippen molar-refractivity contribution in [1.29, 1.82) is 0 Å². The van der Waals surface area contributed by atoms with Crippen molar-refractivity contribution < 1.29 is 52.8 Å². The molecule has 4 bridgehead atoms. The van der Waals surface area contributed by atoms with E-state index in [1.165, 1.54) is 238 Å². The summed E-state index contributed by atoms with van der Waals surface area (Å²) >= 11 is 0. The summed E-state index contributed by atoms with van der Waals surface area (Å²) in [5.41, 5.74) is 10.8. The van der Waals surface area contributed by atoms with E-state index in [2.05, 4.69) is 297 Å². The lowest BCUT2D eigenvalue weighted by atomic mass is 9.49. The Labute approximate surface area is 852 Å². The number of fused-ring (bicyclic) bond motifs is 1. The van der Waals surface area contributed by atoms with Crippen molar-refractivity contribution in [3.8, 4) is 40.2 Å². The van der Waals surface area contributed by atoms with Gasteiger partial charge in [0.2, 0.25) is 25.2 Å². The Balaban J connectivity index is 0.000000172. The molecule has 11 heteroatoms. The maximum Gasteiger partial charge on any atom is 0.226 e. The van der Waals surface area contributed by atoms with Gasteiger partial charge in [0.1, 0.15) is 45.8 Å². The molecule has 0 spiro atoms. The molecule has 0 amide bonds. The van der Waals surface area contributed by atoms with Crippen LogP contribution in [0.15, 0.2) is 200 Å². The first-order valence-electron chi connectivity index (χ1n) is 56.6. The van der Waals surface area contributed by atoms with Gasteiger partial charge in [-0.25, -0.2) is 0 Å². The number of rotatable bonds is 38. The lowest BCUT2D eigenvalue weighted by Gasteiger charge is -2.58. The number of hydrogen-bond acceptors (Lipinski definition) is 11. The highest BCUT2D eigenvalue weighted by molar-refractivity contribution is 5.35. The number of ether oxygens (including phenoxy) is 9. The minimum absolute atomic E-state index is 0.0566. The maximum atomic E-state index is 9.01. The lowest BCUT2D eigenvalue weighted by Crippen LogP contribution is -2.54. The largest absolute Gasteiger partial charge is 0.508 e. The van der Waals surface area contributed by atoms with Crippen molar-refractivity contribution in [3.05, 3.63) is 245 Å². The second kappa shape index (κ2) is 59.6. The molecule has 11 nitrogen and oxygen atoms in total. The molecule has 9 fully saturated rings. The van der Waals surface area contributed by atoms with Crippen LogP contribution in [-0.4, -0.2) is 59.6 Å². The van der Waals surface area contributed by atoms with Gasteiger partial charge in [0.05, 0.1) is 24.9 Å². The Hall–Kier alpha value is -7.80. The molecule has 2 N–H and O–H groups in total. The van der Waals surface area contributed by atoms with E-state index >= 15 is 0 Å². The second-order valence-corrected chi connectivity index (χ2v) is 45.1. The smallest absolute Gasteiger partial charge is 0.226 e. The van der Waals surface area contributed by atoms with Gasteiger partial charge >= 0.3 is 0 Å². The molecule has 8 aromatic carbocycles. The Morgan fingerprint density at radius 3 is 1.08 bits per heavy atom. The monoisotopic (exact) mass is 1920 g/mol. The number of phenols is 2. The van der Waals surface area contributed by atoms with E-state index < -0.39 is 0 Å². The Morgan fingerprint density at radius 2 is 0.686 bits per heavy atom. The van der Waals surface area contributed by atoms with E-state index in [0.717, 1.165) is 102 Å². The van der Waals surface area contributed by atoms with Crippen LogP contribution in [0.5, 0.6) is 40.2 Å². The molecule has 17 rings (SSSR count). The molecule has 0 radical (unpaired) electrons. The molecule has 9 saturated carbocycles. The van der Waals surface area contributed by atoms with Crippen LogP contribution in [0.3, 0.4) is 0 Å². The quantitative estimate of drug-likeness (QED) is 0.0360. The van der Waals surface area contributed by atoms with Gasteiger partial charge in [-0.1, -0.05) is 310 Å². The van der Waals surface area contributed by atoms with Crippen molar-refractivity contribution in [1.82, 2.24) is 0 Å². The van der Waals surface area contributed by atoms with Gasteiger partial charge in [0.15, 0.2) is 0 Å². The summed E-state index contributed by atoms with van der Waals surface area (Å²) in [5, 5.41) is 18.0. The third-order valence-corrected chi connectivity index (χ3v) is 33.0. The van der Waals surface area contributed by atoms with E-state index in [1.54, 1.807) is 24.3 Å². The first-order valence-corrected chi connectivity index (χ1v) is 56.6. The van der Waals surface area contributed by atoms with Crippen LogP contribution < -0.4 is 23.7 Å². The zero-order chi connectivity index (χ0) is 101. The maximum absolute atomic E-state index is 9.01. The van der Waals surface area contributed by atoms with Crippen LogP contribution in [0.1, 0.15) is 462 Å². The molecule has 9 aliphatic rings. The number of benzene rings is 8. The van der Waals surface area contributed by atoms with E-state index in [-0.39, 0.29) is 42.3 Å². The van der Waals surface area contributed by atoms with Gasteiger partial charge in [-0.05, 0) is 376 Å². The Bertz CT molecular complexity index is 4500. The van der Waals surface area contributed by atoms with Gasteiger partial charge in [-0.3, -0.25) is 0 Å². The van der Waals surface area contributed by atoms with E-state index in [1.807, 2.05) is 24.3 Å². The molecule has 8 aromatic rings. The van der Waals surface area contributed by atoms with Crippen molar-refractivity contribution in [2.24, 2.45) is 52.8 Å². The summed E-state index contributed by atoms with van der Waals surface area (Å²) in [6.07, 6.45) is 45.3. The van der Waals surface area contributed by atoms with Crippen LogP contribution in [0.4, 0.5) is 0 Å². The van der Waals surface area contributed by atoms with Gasteiger partial charge in [-0.2, -0.15) is 0 Å². The average Bonchev–Trinajstić information content (AvgIpc) is 0.793. The molecule has 140 heavy (non-hydrogen) atoms. The second-order valence-electron chi connectivity index (χ2n) is 45.1. The first-order chi connectivity index (χ1) is 67.5. The molecule has 0 saturated heterocycles. The summed E-state index contributed by atoms with van der Waals surface area (Å²) in [7, 11) is 0. The fraction of sp³-hybridized carbons (Fsp3) is 0.628. The van der Waals surface area contributed by atoms with Crippen LogP contribution in [0.25, 0.3) is 0 Å². The van der Waals surface area contributed by atoms with Crippen LogP contribution in [0, 0.1) is 52.8 Å². The van der Waals surface area contributed by atoms with Gasteiger partial charge < -0.3 is 52.8 Å². The van der Waals surface area contributed by atoms with Gasteiger partial charge in [-0.15, -0.1) is 0 Å². The van der Waals surface area contributed by atoms with Crippen LogP contribution >= 0.6 is 0 Å². The van der Waals surface area contributed by atoms with Crippen LogP contribution in [-0.2, 0) is 18.9 Å². The van der Waals surface area contributed by atoms with Gasteiger partial charge in [0.25, 0.3) is 0 Å². The molecular formula is C129H192O11. The normalized spacial score (nSPS) is 22.4. The number of phenolic OH excluding ortho intramolecular Hbond substituents is 2. The molecule has 0 heterocycles. The minimum Gasteiger partial charge on any atom is -0.508 e. The first kappa shape index (κ1) is 114. The summed E-state index contributed by atoms with van der Waals surface area (Å²) in [5.74, 6) is 15.8. The molecular weight excluding hydrogens is 1730 g/mol. The predicted octanol–water partition coefficient (Wildman–Crippen LogP) is 37.4. The number of aromatic hydroxyl groups is 2.